The maximum Gasteiger partial charge on any atom is 0.328 e. The molecule has 1 aliphatic carbocycles. The zero-order valence-corrected chi connectivity index (χ0v) is 22.7. The molecular formula is C32H29F2NO6. The summed E-state index contributed by atoms with van der Waals surface area (Å²) in [5, 5.41) is 2.38. The van der Waals surface area contributed by atoms with Crippen molar-refractivity contribution in [2.24, 2.45) is 0 Å². The van der Waals surface area contributed by atoms with E-state index in [-0.39, 0.29) is 31.3 Å². The van der Waals surface area contributed by atoms with Crippen LogP contribution in [0.5, 0.6) is 11.5 Å². The van der Waals surface area contributed by atoms with Crippen molar-refractivity contribution in [2.75, 3.05) is 20.3 Å². The number of carbonyl (C=O) groups is 3. The summed E-state index contributed by atoms with van der Waals surface area (Å²) in [6.07, 6.45) is 2.82. The second-order valence-electron chi connectivity index (χ2n) is 10.0. The number of esters is 1. The van der Waals surface area contributed by atoms with Gasteiger partial charge in [-0.05, 0) is 47.7 Å². The predicted octanol–water partition coefficient (Wildman–Crippen LogP) is 5.26. The third kappa shape index (κ3) is 5.70. The van der Waals surface area contributed by atoms with Crippen LogP contribution in [0.3, 0.4) is 0 Å². The molecule has 212 valence electrons. The Bertz CT molecular complexity index is 1530. The van der Waals surface area contributed by atoms with E-state index in [1.165, 1.54) is 0 Å². The van der Waals surface area contributed by atoms with Crippen LogP contribution in [0.15, 0.2) is 54.6 Å². The summed E-state index contributed by atoms with van der Waals surface area (Å²) in [5.74, 6) is -3.14. The summed E-state index contributed by atoms with van der Waals surface area (Å²) in [6.45, 7) is 2.59. The molecule has 1 N–H and O–H groups in total. The fourth-order valence-corrected chi connectivity index (χ4v) is 5.26. The number of hydrogen-bond donors (Lipinski definition) is 1. The van der Waals surface area contributed by atoms with E-state index in [1.807, 2.05) is 24.3 Å². The van der Waals surface area contributed by atoms with Gasteiger partial charge in [0.05, 0.1) is 7.11 Å². The minimum Gasteiger partial charge on any atom is -0.486 e. The quantitative estimate of drug-likeness (QED) is 0.413. The number of halogens is 2. The Morgan fingerprint density at radius 2 is 1.71 bits per heavy atom. The van der Waals surface area contributed by atoms with Gasteiger partial charge >= 0.3 is 5.97 Å². The summed E-state index contributed by atoms with van der Waals surface area (Å²) >= 11 is 0. The first-order valence-corrected chi connectivity index (χ1v) is 13.4. The van der Waals surface area contributed by atoms with Gasteiger partial charge in [-0.2, -0.15) is 0 Å². The lowest BCUT2D eigenvalue weighted by Crippen LogP contribution is -2.43. The molecule has 0 radical (unpaired) electrons. The van der Waals surface area contributed by atoms with E-state index in [9.17, 15) is 23.2 Å². The van der Waals surface area contributed by atoms with Crippen molar-refractivity contribution in [3.63, 3.8) is 0 Å². The molecule has 0 fully saturated rings. The van der Waals surface area contributed by atoms with Crippen LogP contribution < -0.4 is 14.8 Å². The third-order valence-electron chi connectivity index (χ3n) is 7.40. The van der Waals surface area contributed by atoms with Crippen molar-refractivity contribution in [3.05, 3.63) is 94.0 Å². The molecule has 2 aliphatic rings. The Hall–Kier alpha value is -4.53. The molecule has 41 heavy (non-hydrogen) atoms. The van der Waals surface area contributed by atoms with Crippen LogP contribution in [0, 0.1) is 11.6 Å². The van der Waals surface area contributed by atoms with E-state index in [1.54, 1.807) is 12.1 Å². The van der Waals surface area contributed by atoms with Gasteiger partial charge in [-0.15, -0.1) is 0 Å². The van der Waals surface area contributed by atoms with Gasteiger partial charge in [0, 0.05) is 29.5 Å². The summed E-state index contributed by atoms with van der Waals surface area (Å²) in [5.41, 5.74) is 2.84. The number of methoxy groups -OCH3 is 1. The van der Waals surface area contributed by atoms with Crippen molar-refractivity contribution < 1.29 is 37.4 Å². The van der Waals surface area contributed by atoms with Gasteiger partial charge in [-0.1, -0.05) is 43.3 Å². The molecule has 1 heterocycles. The van der Waals surface area contributed by atoms with Crippen LogP contribution >= 0.6 is 0 Å². The third-order valence-corrected chi connectivity index (χ3v) is 7.40. The number of benzene rings is 3. The Balaban J connectivity index is 1.52. The van der Waals surface area contributed by atoms with E-state index in [2.05, 4.69) is 18.3 Å². The number of hydrogen-bond acceptors (Lipinski definition) is 6. The zero-order chi connectivity index (χ0) is 29.1. The highest BCUT2D eigenvalue weighted by Crippen LogP contribution is 2.43. The molecule has 3 aromatic rings. The molecule has 2 atom stereocenters. The lowest BCUT2D eigenvalue weighted by Gasteiger charge is -2.26. The maximum absolute atomic E-state index is 14.2. The van der Waals surface area contributed by atoms with Crippen LogP contribution in [0.25, 0.3) is 11.6 Å². The van der Waals surface area contributed by atoms with E-state index < -0.39 is 35.1 Å². The Kier molecular flexibility index (Phi) is 8.14. The number of Topliss-reactive ketones (excluding diaryl/α,β-unsaturated/α-hetero) is 1. The second kappa shape index (κ2) is 11.9. The first kappa shape index (κ1) is 28.0. The number of amides is 1. The molecule has 1 aliphatic heterocycles. The zero-order valence-electron chi connectivity index (χ0n) is 22.7. The number of allylic oxidation sites excluding steroid dienone is 1. The Labute approximate surface area is 236 Å². The predicted molar refractivity (Wildman–Crippen MR) is 148 cm³/mol. The van der Waals surface area contributed by atoms with E-state index >= 15 is 0 Å². The lowest BCUT2D eigenvalue weighted by molar-refractivity contribution is -0.142. The fraction of sp³-hybridized carbons (Fsp3) is 0.281. The van der Waals surface area contributed by atoms with Crippen molar-refractivity contribution in [3.8, 4) is 11.5 Å². The number of carbonyl (C=O) groups excluding carboxylic acids is 3. The van der Waals surface area contributed by atoms with Gasteiger partial charge in [0.15, 0.2) is 17.3 Å². The average Bonchev–Trinajstić information content (AvgIpc) is 2.97. The fourth-order valence-electron chi connectivity index (χ4n) is 5.26. The number of fused-ring (bicyclic) bond motifs is 2. The van der Waals surface area contributed by atoms with Gasteiger partial charge < -0.3 is 19.5 Å². The van der Waals surface area contributed by atoms with Crippen LogP contribution in [0.4, 0.5) is 8.78 Å². The summed E-state index contributed by atoms with van der Waals surface area (Å²) in [4.78, 5) is 38.8. The summed E-state index contributed by atoms with van der Waals surface area (Å²) in [6, 6.07) is 13.1. The molecule has 0 spiro atoms. The van der Waals surface area contributed by atoms with Crippen molar-refractivity contribution in [1.29, 1.82) is 0 Å². The highest BCUT2D eigenvalue weighted by molar-refractivity contribution is 6.26. The largest absolute Gasteiger partial charge is 0.486 e. The van der Waals surface area contributed by atoms with Crippen molar-refractivity contribution in [1.82, 2.24) is 5.32 Å². The van der Waals surface area contributed by atoms with Gasteiger partial charge in [0.2, 0.25) is 0 Å². The van der Waals surface area contributed by atoms with Gasteiger partial charge in [0.25, 0.3) is 5.91 Å². The van der Waals surface area contributed by atoms with E-state index in [0.717, 1.165) is 36.4 Å². The first-order valence-electron chi connectivity index (χ1n) is 13.4. The van der Waals surface area contributed by atoms with Crippen LogP contribution in [-0.2, 0) is 20.7 Å². The molecule has 1 amide bonds. The smallest absolute Gasteiger partial charge is 0.328 e. The van der Waals surface area contributed by atoms with E-state index in [0.29, 0.717) is 41.0 Å². The standard InChI is InChI=1S/C32H29F2NO6/c1-18-10-13-27(36)23(16-19-6-3-4-7-21(18)19)22-12-11-20(29-30(22)41-15-14-40-29)17-26(32(38)39-2)35-31(37)28-24(33)8-5-9-25(28)34/h3-9,11-12,16,18,26H,10,13-15,17H2,1-2H3,(H,35,37)/t18?,26-/m0/s1. The van der Waals surface area contributed by atoms with Gasteiger partial charge in [-0.3, -0.25) is 9.59 Å². The molecule has 0 bridgehead atoms. The second-order valence-corrected chi connectivity index (χ2v) is 10.0. The number of rotatable bonds is 6. The Morgan fingerprint density at radius 3 is 2.44 bits per heavy atom. The molecule has 3 aromatic carbocycles. The number of nitrogens with one attached hydrogen (secondary N) is 1. The molecule has 1 unspecified atom stereocenters. The molecule has 7 nitrogen and oxygen atoms in total. The first-order chi connectivity index (χ1) is 19.8. The average molecular weight is 562 g/mol. The Morgan fingerprint density at radius 1 is 1.00 bits per heavy atom. The molecular weight excluding hydrogens is 532 g/mol. The van der Waals surface area contributed by atoms with Crippen molar-refractivity contribution >= 4 is 29.3 Å². The summed E-state index contributed by atoms with van der Waals surface area (Å²) < 4.78 is 45.3. The maximum atomic E-state index is 14.2. The van der Waals surface area contributed by atoms with Crippen LogP contribution in [0.2, 0.25) is 0 Å². The number of ether oxygens (including phenoxy) is 3. The highest BCUT2D eigenvalue weighted by atomic mass is 19.1. The van der Waals surface area contributed by atoms with E-state index in [4.69, 9.17) is 14.2 Å². The van der Waals surface area contributed by atoms with Gasteiger partial charge in [0.1, 0.15) is 36.5 Å². The monoisotopic (exact) mass is 561 g/mol. The lowest BCUT2D eigenvalue weighted by atomic mass is 9.84. The molecule has 5 rings (SSSR count). The molecule has 0 saturated carbocycles. The normalized spacial score (nSPS) is 16.9. The minimum absolute atomic E-state index is 0.0258. The van der Waals surface area contributed by atoms with Gasteiger partial charge in [-0.25, -0.2) is 13.6 Å². The number of ketones is 1. The molecule has 0 saturated heterocycles. The summed E-state index contributed by atoms with van der Waals surface area (Å²) in [7, 11) is 1.15. The van der Waals surface area contributed by atoms with Crippen molar-refractivity contribution in [2.45, 2.75) is 38.1 Å². The SMILES string of the molecule is COC(=O)[C@H](Cc1ccc(C2=Cc3ccccc3C(C)CCC2=O)c2c1OCCO2)NC(=O)c1c(F)cccc1F. The molecule has 9 heteroatoms. The van der Waals surface area contributed by atoms with Crippen LogP contribution in [-0.4, -0.2) is 44.0 Å². The molecule has 0 aromatic heterocycles. The van der Waals surface area contributed by atoms with Crippen LogP contribution in [0.1, 0.15) is 58.3 Å². The topological polar surface area (TPSA) is 90.9 Å². The minimum atomic E-state index is -1.29. The highest BCUT2D eigenvalue weighted by Gasteiger charge is 2.31.